The summed E-state index contributed by atoms with van der Waals surface area (Å²) in [5.74, 6) is 0.955. The van der Waals surface area contributed by atoms with E-state index in [9.17, 15) is 14.7 Å². The Kier molecular flexibility index (Phi) is 5.92. The molecule has 0 bridgehead atoms. The number of thioether (sulfide) groups is 1. The molecule has 2 N–H and O–H groups in total. The Balaban J connectivity index is 1.95. The number of nitrogens with zero attached hydrogens (tertiary/aromatic N) is 1. The van der Waals surface area contributed by atoms with Crippen LogP contribution >= 0.6 is 11.8 Å². The molecule has 0 radical (unpaired) electrons. The third-order valence-corrected chi connectivity index (χ3v) is 4.44. The first-order chi connectivity index (χ1) is 10.2. The lowest BCUT2D eigenvalue weighted by Crippen LogP contribution is -2.49. The maximum atomic E-state index is 12.2. The average molecular weight is 308 g/mol. The standard InChI is InChI=1S/C15H20N2O3S/c18-14(19)13(11-12-5-2-1-3-6-12)16-15(20)17-7-4-9-21-10-8-17/h1-3,5-6,13H,4,7-11H2,(H,16,20)(H,18,19)/t13-/m0/s1. The van der Waals surface area contributed by atoms with Crippen molar-refractivity contribution in [3.8, 4) is 0 Å². The Morgan fingerprint density at radius 1 is 1.24 bits per heavy atom. The molecule has 0 spiro atoms. The fourth-order valence-electron chi connectivity index (χ4n) is 2.24. The zero-order valence-electron chi connectivity index (χ0n) is 11.8. The zero-order chi connectivity index (χ0) is 15.1. The van der Waals surface area contributed by atoms with Gasteiger partial charge in [-0.2, -0.15) is 11.8 Å². The van der Waals surface area contributed by atoms with Crippen molar-refractivity contribution in [1.29, 1.82) is 0 Å². The van der Waals surface area contributed by atoms with Crippen LogP contribution in [0.25, 0.3) is 0 Å². The molecule has 6 heteroatoms. The smallest absolute Gasteiger partial charge is 0.326 e. The lowest BCUT2D eigenvalue weighted by atomic mass is 10.1. The highest BCUT2D eigenvalue weighted by Crippen LogP contribution is 2.10. The number of carbonyl (C=O) groups is 2. The van der Waals surface area contributed by atoms with Gasteiger partial charge >= 0.3 is 12.0 Å². The van der Waals surface area contributed by atoms with Crippen molar-refractivity contribution in [2.45, 2.75) is 18.9 Å². The van der Waals surface area contributed by atoms with Crippen molar-refractivity contribution in [2.75, 3.05) is 24.6 Å². The van der Waals surface area contributed by atoms with Crippen LogP contribution in [0.4, 0.5) is 4.79 Å². The number of carboxylic acids is 1. The van der Waals surface area contributed by atoms with E-state index in [2.05, 4.69) is 5.32 Å². The molecule has 2 amide bonds. The first-order valence-corrected chi connectivity index (χ1v) is 8.22. The maximum Gasteiger partial charge on any atom is 0.326 e. The quantitative estimate of drug-likeness (QED) is 0.890. The van der Waals surface area contributed by atoms with Gasteiger partial charge in [-0.1, -0.05) is 30.3 Å². The molecule has 1 atom stereocenters. The fourth-order valence-corrected chi connectivity index (χ4v) is 3.13. The van der Waals surface area contributed by atoms with Gasteiger partial charge in [0.25, 0.3) is 0 Å². The van der Waals surface area contributed by atoms with Crippen molar-refractivity contribution < 1.29 is 14.7 Å². The maximum absolute atomic E-state index is 12.2. The van der Waals surface area contributed by atoms with E-state index in [0.717, 1.165) is 23.5 Å². The number of hydrogen-bond acceptors (Lipinski definition) is 3. The van der Waals surface area contributed by atoms with E-state index in [0.29, 0.717) is 19.5 Å². The topological polar surface area (TPSA) is 69.6 Å². The van der Waals surface area contributed by atoms with Crippen molar-refractivity contribution in [3.05, 3.63) is 35.9 Å². The summed E-state index contributed by atoms with van der Waals surface area (Å²) in [7, 11) is 0. The molecule has 21 heavy (non-hydrogen) atoms. The summed E-state index contributed by atoms with van der Waals surface area (Å²) < 4.78 is 0. The SMILES string of the molecule is O=C(O)[C@H](Cc1ccccc1)NC(=O)N1CCCSCC1. The molecule has 0 unspecified atom stereocenters. The van der Waals surface area contributed by atoms with Crippen LogP contribution in [0, 0.1) is 0 Å². The average Bonchev–Trinajstić information content (AvgIpc) is 2.76. The number of carboxylic acid groups (broad SMARTS) is 1. The molecule has 1 fully saturated rings. The monoisotopic (exact) mass is 308 g/mol. The van der Waals surface area contributed by atoms with E-state index < -0.39 is 12.0 Å². The van der Waals surface area contributed by atoms with Gasteiger partial charge in [0.15, 0.2) is 0 Å². The molecule has 1 aliphatic heterocycles. The van der Waals surface area contributed by atoms with Crippen LogP contribution in [0.2, 0.25) is 0 Å². The molecule has 2 rings (SSSR count). The van der Waals surface area contributed by atoms with Crippen LogP contribution in [-0.4, -0.2) is 52.6 Å². The summed E-state index contributed by atoms with van der Waals surface area (Å²) in [6, 6.07) is 8.17. The molecular formula is C15H20N2O3S. The normalized spacial score (nSPS) is 16.9. The summed E-state index contributed by atoms with van der Waals surface area (Å²) >= 11 is 1.83. The second-order valence-electron chi connectivity index (χ2n) is 4.98. The summed E-state index contributed by atoms with van der Waals surface area (Å²) in [6.45, 7) is 1.37. The molecular weight excluding hydrogens is 288 g/mol. The highest BCUT2D eigenvalue weighted by atomic mass is 32.2. The molecule has 1 aromatic carbocycles. The molecule has 1 aromatic rings. The fraction of sp³-hybridized carbons (Fsp3) is 0.467. The second kappa shape index (κ2) is 7.93. The van der Waals surface area contributed by atoms with E-state index in [1.807, 2.05) is 42.1 Å². The molecule has 0 aromatic heterocycles. The molecule has 0 saturated carbocycles. The van der Waals surface area contributed by atoms with Gasteiger partial charge in [-0.3, -0.25) is 0 Å². The van der Waals surface area contributed by atoms with E-state index in [1.165, 1.54) is 0 Å². The highest BCUT2D eigenvalue weighted by molar-refractivity contribution is 7.99. The van der Waals surface area contributed by atoms with Gasteiger partial charge in [0.2, 0.25) is 0 Å². The van der Waals surface area contributed by atoms with Gasteiger partial charge < -0.3 is 15.3 Å². The second-order valence-corrected chi connectivity index (χ2v) is 6.21. The van der Waals surface area contributed by atoms with Crippen molar-refractivity contribution >= 4 is 23.8 Å². The first kappa shape index (κ1) is 15.7. The van der Waals surface area contributed by atoms with Gasteiger partial charge in [-0.05, 0) is 17.7 Å². The predicted molar refractivity (Wildman–Crippen MR) is 83.6 cm³/mol. The molecule has 1 saturated heterocycles. The summed E-state index contributed by atoms with van der Waals surface area (Å²) in [5, 5.41) is 11.9. The van der Waals surface area contributed by atoms with Crippen molar-refractivity contribution in [2.24, 2.45) is 0 Å². The molecule has 5 nitrogen and oxygen atoms in total. The van der Waals surface area contributed by atoms with E-state index in [-0.39, 0.29) is 6.03 Å². The van der Waals surface area contributed by atoms with Gasteiger partial charge in [-0.25, -0.2) is 9.59 Å². The van der Waals surface area contributed by atoms with Crippen LogP contribution < -0.4 is 5.32 Å². The number of amides is 2. The largest absolute Gasteiger partial charge is 0.480 e. The first-order valence-electron chi connectivity index (χ1n) is 7.07. The minimum atomic E-state index is -1.00. The Bertz CT molecular complexity index is 473. The number of carbonyl (C=O) groups excluding carboxylic acids is 1. The van der Waals surface area contributed by atoms with Crippen molar-refractivity contribution in [3.63, 3.8) is 0 Å². The number of benzene rings is 1. The minimum Gasteiger partial charge on any atom is -0.480 e. The van der Waals surface area contributed by atoms with Crippen molar-refractivity contribution in [1.82, 2.24) is 10.2 Å². The van der Waals surface area contributed by atoms with Crippen LogP contribution in [0.15, 0.2) is 30.3 Å². The lowest BCUT2D eigenvalue weighted by molar-refractivity contribution is -0.139. The summed E-state index contributed by atoms with van der Waals surface area (Å²) in [5.41, 5.74) is 0.900. The zero-order valence-corrected chi connectivity index (χ0v) is 12.6. The summed E-state index contributed by atoms with van der Waals surface area (Å²) in [4.78, 5) is 25.3. The number of urea groups is 1. The van der Waals surface area contributed by atoms with Crippen LogP contribution in [-0.2, 0) is 11.2 Å². The number of nitrogens with one attached hydrogen (secondary N) is 1. The Labute approximate surface area is 128 Å². The summed E-state index contributed by atoms with van der Waals surface area (Å²) in [6.07, 6.45) is 1.25. The van der Waals surface area contributed by atoms with E-state index >= 15 is 0 Å². The lowest BCUT2D eigenvalue weighted by Gasteiger charge is -2.23. The third kappa shape index (κ3) is 4.97. The molecule has 1 aliphatic rings. The molecule has 114 valence electrons. The third-order valence-electron chi connectivity index (χ3n) is 3.39. The number of rotatable bonds is 4. The van der Waals surface area contributed by atoms with Gasteiger partial charge in [0, 0.05) is 25.3 Å². The highest BCUT2D eigenvalue weighted by Gasteiger charge is 2.23. The molecule has 0 aliphatic carbocycles. The van der Waals surface area contributed by atoms with E-state index in [1.54, 1.807) is 4.90 Å². The predicted octanol–water partition coefficient (Wildman–Crippen LogP) is 1.83. The van der Waals surface area contributed by atoms with Gasteiger partial charge in [0.05, 0.1) is 0 Å². The Hall–Kier alpha value is -1.69. The van der Waals surface area contributed by atoms with Crippen LogP contribution in [0.3, 0.4) is 0 Å². The minimum absolute atomic E-state index is 0.277. The van der Waals surface area contributed by atoms with Gasteiger partial charge in [0.1, 0.15) is 6.04 Å². The van der Waals surface area contributed by atoms with Gasteiger partial charge in [-0.15, -0.1) is 0 Å². The van der Waals surface area contributed by atoms with E-state index in [4.69, 9.17) is 0 Å². The Morgan fingerprint density at radius 3 is 2.71 bits per heavy atom. The molecule has 1 heterocycles. The number of aliphatic carboxylic acids is 1. The Morgan fingerprint density at radius 2 is 2.00 bits per heavy atom. The van der Waals surface area contributed by atoms with Crippen LogP contribution in [0.5, 0.6) is 0 Å². The number of hydrogen-bond donors (Lipinski definition) is 2. The van der Waals surface area contributed by atoms with Crippen LogP contribution in [0.1, 0.15) is 12.0 Å².